The molecule has 1 aromatic carbocycles. The fraction of sp³-hybridized carbons (Fsp3) is 0.650. The zero-order valence-corrected chi connectivity index (χ0v) is 16.4. The summed E-state index contributed by atoms with van der Waals surface area (Å²) in [5, 5.41) is 0. The van der Waals surface area contributed by atoms with Crippen LogP contribution in [-0.4, -0.2) is 46.3 Å². The number of rotatable bonds is 2. The number of fused-ring (bicyclic) bond motifs is 3. The molecule has 1 aromatic heterocycles. The molecule has 0 amide bonds. The van der Waals surface area contributed by atoms with Crippen molar-refractivity contribution >= 4 is 23.6 Å². The van der Waals surface area contributed by atoms with E-state index in [1.165, 1.54) is 19.3 Å². The Bertz CT molecular complexity index is 844. The fourth-order valence-corrected chi connectivity index (χ4v) is 4.94. The smallest absolute Gasteiger partial charge is 0.399 e. The van der Waals surface area contributed by atoms with Gasteiger partial charge in [-0.3, -0.25) is 4.90 Å². The van der Waals surface area contributed by atoms with Gasteiger partial charge in [-0.25, -0.2) is 4.98 Å². The van der Waals surface area contributed by atoms with Crippen LogP contribution in [0.1, 0.15) is 58.8 Å². The van der Waals surface area contributed by atoms with Gasteiger partial charge in [-0.05, 0) is 77.5 Å². The number of hydrogen-bond donors (Lipinski definition) is 1. The first-order valence-corrected chi connectivity index (χ1v) is 9.82. The van der Waals surface area contributed by atoms with Crippen molar-refractivity contribution in [1.82, 2.24) is 14.9 Å². The molecular formula is C20H28BN3O2. The number of nitrogens with zero attached hydrogens (tertiary/aromatic N) is 2. The lowest BCUT2D eigenvalue weighted by Crippen LogP contribution is -2.41. The second kappa shape index (κ2) is 5.34. The third-order valence-corrected chi connectivity index (χ3v) is 7.24. The highest BCUT2D eigenvalue weighted by Gasteiger charge is 2.52. The Morgan fingerprint density at radius 3 is 2.54 bits per heavy atom. The molecule has 0 unspecified atom stereocenters. The summed E-state index contributed by atoms with van der Waals surface area (Å²) in [6.45, 7) is 8.35. The molecule has 6 heteroatoms. The van der Waals surface area contributed by atoms with Gasteiger partial charge in [-0.1, -0.05) is 6.07 Å². The van der Waals surface area contributed by atoms with Crippen LogP contribution in [0.3, 0.4) is 0 Å². The molecule has 2 bridgehead atoms. The predicted molar refractivity (Wildman–Crippen MR) is 103 cm³/mol. The normalized spacial score (nSPS) is 32.8. The third kappa shape index (κ3) is 2.32. The molecule has 0 radical (unpaired) electrons. The van der Waals surface area contributed by atoms with E-state index in [2.05, 4.69) is 62.8 Å². The van der Waals surface area contributed by atoms with Crippen LogP contribution in [0.2, 0.25) is 0 Å². The summed E-state index contributed by atoms with van der Waals surface area (Å²) in [6.07, 6.45) is 3.98. The van der Waals surface area contributed by atoms with Crippen LogP contribution in [0.15, 0.2) is 18.2 Å². The molecule has 3 heterocycles. The molecule has 2 aliphatic heterocycles. The summed E-state index contributed by atoms with van der Waals surface area (Å²) in [5.74, 6) is 1.86. The predicted octanol–water partition coefficient (Wildman–Crippen LogP) is 3.02. The number of imidazole rings is 1. The van der Waals surface area contributed by atoms with Gasteiger partial charge in [0.15, 0.2) is 0 Å². The summed E-state index contributed by atoms with van der Waals surface area (Å²) < 4.78 is 12.4. The Kier molecular flexibility index (Phi) is 3.44. The van der Waals surface area contributed by atoms with Crippen molar-refractivity contribution in [2.24, 2.45) is 5.92 Å². The van der Waals surface area contributed by atoms with Crippen LogP contribution in [0.4, 0.5) is 0 Å². The highest BCUT2D eigenvalue weighted by atomic mass is 16.7. The third-order valence-electron chi connectivity index (χ3n) is 7.24. The lowest BCUT2D eigenvalue weighted by atomic mass is 9.79. The lowest BCUT2D eigenvalue weighted by Gasteiger charge is -2.32. The molecule has 2 aromatic rings. The summed E-state index contributed by atoms with van der Waals surface area (Å²) in [4.78, 5) is 11.0. The van der Waals surface area contributed by atoms with Crippen LogP contribution in [0, 0.1) is 5.92 Å². The zero-order chi connectivity index (χ0) is 18.3. The number of piperidine rings is 1. The Labute approximate surface area is 155 Å². The molecule has 3 aliphatic rings. The van der Waals surface area contributed by atoms with Crippen LogP contribution in [0.25, 0.3) is 11.0 Å². The first-order chi connectivity index (χ1) is 12.2. The molecule has 0 spiro atoms. The van der Waals surface area contributed by atoms with Crippen molar-refractivity contribution in [3.05, 3.63) is 24.0 Å². The van der Waals surface area contributed by atoms with Crippen LogP contribution >= 0.6 is 0 Å². The maximum atomic E-state index is 6.20. The van der Waals surface area contributed by atoms with E-state index in [0.717, 1.165) is 34.3 Å². The molecule has 3 fully saturated rings. The van der Waals surface area contributed by atoms with Gasteiger partial charge < -0.3 is 14.3 Å². The van der Waals surface area contributed by atoms with Crippen molar-refractivity contribution in [3.8, 4) is 0 Å². The Morgan fingerprint density at radius 2 is 1.88 bits per heavy atom. The molecule has 5 nitrogen and oxygen atoms in total. The second-order valence-corrected chi connectivity index (χ2v) is 9.32. The molecule has 5 rings (SSSR count). The Morgan fingerprint density at radius 1 is 1.15 bits per heavy atom. The van der Waals surface area contributed by atoms with Crippen LogP contribution in [0.5, 0.6) is 0 Å². The van der Waals surface area contributed by atoms with Crippen molar-refractivity contribution in [1.29, 1.82) is 0 Å². The number of aromatic amines is 1. The van der Waals surface area contributed by atoms with E-state index in [4.69, 9.17) is 14.3 Å². The summed E-state index contributed by atoms with van der Waals surface area (Å²) in [7, 11) is 1.92. The van der Waals surface area contributed by atoms with Crippen molar-refractivity contribution < 1.29 is 9.31 Å². The summed E-state index contributed by atoms with van der Waals surface area (Å²) in [5.41, 5.74) is 2.50. The van der Waals surface area contributed by atoms with Crippen LogP contribution in [-0.2, 0) is 9.31 Å². The van der Waals surface area contributed by atoms with Gasteiger partial charge >= 0.3 is 7.12 Å². The highest BCUT2D eigenvalue weighted by molar-refractivity contribution is 6.62. The van der Waals surface area contributed by atoms with E-state index in [-0.39, 0.29) is 18.3 Å². The number of benzene rings is 1. The largest absolute Gasteiger partial charge is 0.494 e. The molecule has 1 saturated carbocycles. The first-order valence-electron chi connectivity index (χ1n) is 9.82. The van der Waals surface area contributed by atoms with E-state index in [9.17, 15) is 0 Å². The number of H-pyrrole nitrogens is 1. The molecule has 3 atom stereocenters. The second-order valence-electron chi connectivity index (χ2n) is 9.32. The van der Waals surface area contributed by atoms with E-state index < -0.39 is 0 Å². The number of hydrogen-bond acceptors (Lipinski definition) is 4. The van der Waals surface area contributed by atoms with E-state index in [1.807, 2.05) is 0 Å². The van der Waals surface area contributed by atoms with Crippen molar-refractivity contribution in [2.75, 3.05) is 7.05 Å². The first kappa shape index (κ1) is 16.8. The monoisotopic (exact) mass is 353 g/mol. The van der Waals surface area contributed by atoms with E-state index in [1.54, 1.807) is 0 Å². The zero-order valence-electron chi connectivity index (χ0n) is 16.4. The van der Waals surface area contributed by atoms with Gasteiger partial charge in [-0.2, -0.15) is 0 Å². The minimum absolute atomic E-state index is 0.322. The molecule has 1 aliphatic carbocycles. The van der Waals surface area contributed by atoms with Gasteiger partial charge in [0.25, 0.3) is 0 Å². The minimum Gasteiger partial charge on any atom is -0.399 e. The summed E-state index contributed by atoms with van der Waals surface area (Å²) in [6, 6.07) is 7.48. The molecule has 26 heavy (non-hydrogen) atoms. The quantitative estimate of drug-likeness (QED) is 0.844. The molecule has 138 valence electrons. The molecule has 2 saturated heterocycles. The molecular weight excluding hydrogens is 325 g/mol. The number of nitrogens with one attached hydrogen (secondary N) is 1. The summed E-state index contributed by atoms with van der Waals surface area (Å²) >= 11 is 0. The van der Waals surface area contributed by atoms with Gasteiger partial charge in [0.05, 0.1) is 28.3 Å². The number of aromatic nitrogens is 2. The standard InChI is InChI=1S/C20H28BN3O2/c1-19(2)20(3,4)26-21(25-19)13-7-9-15-16(11-13)23-18(22-15)17-12-6-8-14(10-12)24(17)5/h7,9,11-12,14,17H,6,8,10H2,1-5H3,(H,22,23)/t12-,14+,17-/m0/s1. The average molecular weight is 353 g/mol. The van der Waals surface area contributed by atoms with E-state index >= 15 is 0 Å². The van der Waals surface area contributed by atoms with Gasteiger partial charge in [0.1, 0.15) is 5.82 Å². The topological polar surface area (TPSA) is 50.4 Å². The molecule has 1 N–H and O–H groups in total. The maximum absolute atomic E-state index is 6.20. The van der Waals surface area contributed by atoms with Crippen LogP contribution < -0.4 is 5.46 Å². The fourth-order valence-electron chi connectivity index (χ4n) is 4.94. The van der Waals surface area contributed by atoms with Crippen molar-refractivity contribution in [2.45, 2.75) is 70.2 Å². The van der Waals surface area contributed by atoms with Gasteiger partial charge in [0, 0.05) is 6.04 Å². The Hall–Kier alpha value is -1.37. The number of likely N-dealkylation sites (tertiary alicyclic amines) is 1. The maximum Gasteiger partial charge on any atom is 0.494 e. The van der Waals surface area contributed by atoms with Gasteiger partial charge in [-0.15, -0.1) is 0 Å². The highest BCUT2D eigenvalue weighted by Crippen LogP contribution is 2.48. The van der Waals surface area contributed by atoms with Crippen molar-refractivity contribution in [3.63, 3.8) is 0 Å². The van der Waals surface area contributed by atoms with Gasteiger partial charge in [0.2, 0.25) is 0 Å². The lowest BCUT2D eigenvalue weighted by molar-refractivity contribution is 0.00578. The SMILES string of the molecule is CN1[C@@H]2CC[C@@H](C2)[C@H]1c1nc2ccc(B3OC(C)(C)C(C)(C)O3)cc2[nH]1. The average Bonchev–Trinajstić information content (AvgIpc) is 3.29. The minimum atomic E-state index is -0.332. The van der Waals surface area contributed by atoms with E-state index in [0.29, 0.717) is 6.04 Å². The Balaban J connectivity index is 1.46.